The zero-order valence-electron chi connectivity index (χ0n) is 16.5. The molecule has 2 aromatic carbocycles. The van der Waals surface area contributed by atoms with Gasteiger partial charge >= 0.3 is 0 Å². The Morgan fingerprint density at radius 1 is 1.10 bits per heavy atom. The second kappa shape index (κ2) is 8.84. The lowest BCUT2D eigenvalue weighted by Crippen LogP contribution is -2.19. The van der Waals surface area contributed by atoms with Crippen LogP contribution in [0, 0.1) is 0 Å². The Hall–Kier alpha value is -3.58. The number of para-hydroxylation sites is 1. The standard InChI is InChI=1S/C23H20N2O4S/c1-27-18-10-7-15(13-20(18)28-2)8-12-22(26)24-14-16-9-11-19(29-16)23-25-17-5-3-4-6-21(17)30-23/h3-13H,14H2,1-2H3,(H,24,26)/b12-8+. The van der Waals surface area contributed by atoms with Gasteiger partial charge in [0.25, 0.3) is 0 Å². The number of aromatic nitrogens is 1. The highest BCUT2D eigenvalue weighted by atomic mass is 32.1. The SMILES string of the molecule is COc1ccc(/C=C/C(=O)NCc2ccc(-c3nc4ccccc4s3)o2)cc1OC. The third-order valence-electron chi connectivity index (χ3n) is 4.44. The molecule has 0 saturated carbocycles. The number of thiazole rings is 1. The fourth-order valence-corrected chi connectivity index (χ4v) is 3.85. The molecule has 0 unspecified atom stereocenters. The summed E-state index contributed by atoms with van der Waals surface area (Å²) in [5.41, 5.74) is 1.78. The normalized spacial score (nSPS) is 11.1. The Morgan fingerprint density at radius 2 is 1.93 bits per heavy atom. The molecule has 7 heteroatoms. The van der Waals surface area contributed by atoms with Crippen molar-refractivity contribution in [3.05, 3.63) is 72.0 Å². The summed E-state index contributed by atoms with van der Waals surface area (Å²) in [6.07, 6.45) is 3.19. The number of furan rings is 1. The van der Waals surface area contributed by atoms with Crippen LogP contribution in [0.2, 0.25) is 0 Å². The number of benzene rings is 2. The van der Waals surface area contributed by atoms with Crippen molar-refractivity contribution in [2.75, 3.05) is 14.2 Å². The van der Waals surface area contributed by atoms with E-state index in [1.54, 1.807) is 43.8 Å². The van der Waals surface area contributed by atoms with Gasteiger partial charge in [0.1, 0.15) is 5.76 Å². The van der Waals surface area contributed by atoms with E-state index in [1.807, 2.05) is 42.5 Å². The third-order valence-corrected chi connectivity index (χ3v) is 5.49. The Balaban J connectivity index is 1.37. The van der Waals surface area contributed by atoms with Crippen molar-refractivity contribution in [3.8, 4) is 22.3 Å². The number of ether oxygens (including phenoxy) is 2. The van der Waals surface area contributed by atoms with Crippen LogP contribution < -0.4 is 14.8 Å². The fourth-order valence-electron chi connectivity index (χ4n) is 2.93. The molecule has 1 N–H and O–H groups in total. The lowest BCUT2D eigenvalue weighted by Gasteiger charge is -2.07. The molecule has 0 aliphatic carbocycles. The smallest absolute Gasteiger partial charge is 0.244 e. The van der Waals surface area contributed by atoms with Crippen LogP contribution in [0.5, 0.6) is 11.5 Å². The minimum absolute atomic E-state index is 0.220. The number of carbonyl (C=O) groups is 1. The summed E-state index contributed by atoms with van der Waals surface area (Å²) in [4.78, 5) is 16.7. The molecule has 2 heterocycles. The van der Waals surface area contributed by atoms with Gasteiger partial charge in [-0.3, -0.25) is 4.79 Å². The fraction of sp³-hybridized carbons (Fsp3) is 0.130. The summed E-state index contributed by atoms with van der Waals surface area (Å²) in [7, 11) is 3.15. The maximum absolute atomic E-state index is 12.2. The molecule has 0 radical (unpaired) electrons. The minimum Gasteiger partial charge on any atom is -0.493 e. The molecule has 0 aliphatic rings. The molecule has 152 valence electrons. The lowest BCUT2D eigenvalue weighted by molar-refractivity contribution is -0.116. The van der Waals surface area contributed by atoms with Gasteiger partial charge in [-0.05, 0) is 48.0 Å². The van der Waals surface area contributed by atoms with Gasteiger partial charge in [-0.25, -0.2) is 4.98 Å². The number of hydrogen-bond acceptors (Lipinski definition) is 6. The Bertz CT molecular complexity index is 1180. The van der Waals surface area contributed by atoms with Gasteiger partial charge in [-0.15, -0.1) is 11.3 Å². The van der Waals surface area contributed by atoms with Crippen LogP contribution in [0.4, 0.5) is 0 Å². The molecular formula is C23H20N2O4S. The molecule has 1 amide bonds. The molecular weight excluding hydrogens is 400 g/mol. The summed E-state index contributed by atoms with van der Waals surface area (Å²) >= 11 is 1.58. The van der Waals surface area contributed by atoms with Crippen LogP contribution in [0.25, 0.3) is 27.1 Å². The first-order valence-electron chi connectivity index (χ1n) is 9.29. The Labute approximate surface area is 177 Å². The number of methoxy groups -OCH3 is 2. The number of rotatable bonds is 7. The van der Waals surface area contributed by atoms with Gasteiger partial charge in [0.05, 0.1) is 31.0 Å². The van der Waals surface area contributed by atoms with Crippen LogP contribution in [-0.4, -0.2) is 25.1 Å². The van der Waals surface area contributed by atoms with E-state index in [2.05, 4.69) is 10.3 Å². The highest BCUT2D eigenvalue weighted by molar-refractivity contribution is 7.21. The summed E-state index contributed by atoms with van der Waals surface area (Å²) in [6, 6.07) is 17.1. The van der Waals surface area contributed by atoms with Crippen molar-refractivity contribution in [2.24, 2.45) is 0 Å². The predicted octanol–water partition coefficient (Wildman–Crippen LogP) is 4.90. The monoisotopic (exact) mass is 420 g/mol. The van der Waals surface area contributed by atoms with Crippen molar-refractivity contribution in [1.82, 2.24) is 10.3 Å². The molecule has 0 spiro atoms. The molecule has 2 aromatic heterocycles. The molecule has 4 rings (SSSR count). The van der Waals surface area contributed by atoms with Crippen LogP contribution in [0.3, 0.4) is 0 Å². The van der Waals surface area contributed by atoms with Crippen molar-refractivity contribution in [2.45, 2.75) is 6.54 Å². The molecule has 4 aromatic rings. The first kappa shape index (κ1) is 19.7. The minimum atomic E-state index is -0.220. The summed E-state index contributed by atoms with van der Waals surface area (Å²) in [5, 5.41) is 3.64. The van der Waals surface area contributed by atoms with E-state index in [4.69, 9.17) is 13.9 Å². The van der Waals surface area contributed by atoms with Crippen molar-refractivity contribution < 1.29 is 18.7 Å². The topological polar surface area (TPSA) is 73.6 Å². The van der Waals surface area contributed by atoms with Crippen molar-refractivity contribution in [1.29, 1.82) is 0 Å². The van der Waals surface area contributed by atoms with E-state index in [0.29, 0.717) is 29.6 Å². The van der Waals surface area contributed by atoms with E-state index in [1.165, 1.54) is 6.08 Å². The highest BCUT2D eigenvalue weighted by Crippen LogP contribution is 2.31. The molecule has 0 aliphatic heterocycles. The second-order valence-corrected chi connectivity index (χ2v) is 7.45. The lowest BCUT2D eigenvalue weighted by atomic mass is 10.2. The molecule has 0 bridgehead atoms. The number of amides is 1. The summed E-state index contributed by atoms with van der Waals surface area (Å²) in [5.74, 6) is 2.39. The van der Waals surface area contributed by atoms with Gasteiger partial charge < -0.3 is 19.2 Å². The number of fused-ring (bicyclic) bond motifs is 1. The van der Waals surface area contributed by atoms with Gasteiger partial charge in [0.2, 0.25) is 5.91 Å². The Kier molecular flexibility index (Phi) is 5.81. The predicted molar refractivity (Wildman–Crippen MR) is 118 cm³/mol. The maximum atomic E-state index is 12.2. The third kappa shape index (κ3) is 4.36. The van der Waals surface area contributed by atoms with Crippen molar-refractivity contribution >= 4 is 33.5 Å². The number of carbonyl (C=O) groups excluding carboxylic acids is 1. The average Bonchev–Trinajstić information content (AvgIpc) is 3.42. The van der Waals surface area contributed by atoms with Crippen molar-refractivity contribution in [3.63, 3.8) is 0 Å². The van der Waals surface area contributed by atoms with E-state index >= 15 is 0 Å². The second-order valence-electron chi connectivity index (χ2n) is 6.42. The van der Waals surface area contributed by atoms with Crippen LogP contribution in [-0.2, 0) is 11.3 Å². The maximum Gasteiger partial charge on any atom is 0.244 e. The highest BCUT2D eigenvalue weighted by Gasteiger charge is 2.11. The molecule has 0 atom stereocenters. The van der Waals surface area contributed by atoms with E-state index < -0.39 is 0 Å². The summed E-state index contributed by atoms with van der Waals surface area (Å²) in [6.45, 7) is 0.292. The Morgan fingerprint density at radius 3 is 2.73 bits per heavy atom. The molecule has 30 heavy (non-hydrogen) atoms. The first-order chi connectivity index (χ1) is 14.7. The van der Waals surface area contributed by atoms with Crippen LogP contribution in [0.15, 0.2) is 65.1 Å². The molecule has 0 saturated heterocycles. The first-order valence-corrected chi connectivity index (χ1v) is 10.1. The molecule has 0 fully saturated rings. The van der Waals surface area contributed by atoms with Gasteiger partial charge in [-0.2, -0.15) is 0 Å². The van der Waals surface area contributed by atoms with Gasteiger partial charge in [0.15, 0.2) is 22.3 Å². The molecule has 6 nitrogen and oxygen atoms in total. The van der Waals surface area contributed by atoms with Gasteiger partial charge in [0, 0.05) is 6.08 Å². The largest absolute Gasteiger partial charge is 0.493 e. The number of nitrogens with zero attached hydrogens (tertiary/aromatic N) is 1. The van der Waals surface area contributed by atoms with E-state index in [0.717, 1.165) is 20.8 Å². The quantitative estimate of drug-likeness (QED) is 0.430. The zero-order chi connectivity index (χ0) is 20.9. The van der Waals surface area contributed by atoms with Gasteiger partial charge in [-0.1, -0.05) is 18.2 Å². The zero-order valence-corrected chi connectivity index (χ0v) is 17.4. The number of nitrogens with one attached hydrogen (secondary N) is 1. The van der Waals surface area contributed by atoms with Crippen LogP contribution in [0.1, 0.15) is 11.3 Å². The van der Waals surface area contributed by atoms with E-state index in [-0.39, 0.29) is 5.91 Å². The number of hydrogen-bond donors (Lipinski definition) is 1. The summed E-state index contributed by atoms with van der Waals surface area (Å²) < 4.78 is 17.4. The average molecular weight is 420 g/mol. The van der Waals surface area contributed by atoms with Crippen LogP contribution >= 0.6 is 11.3 Å². The van der Waals surface area contributed by atoms with E-state index in [9.17, 15) is 4.79 Å².